The van der Waals surface area contributed by atoms with E-state index < -0.39 is 0 Å². The molecule has 0 atom stereocenters. The van der Waals surface area contributed by atoms with Gasteiger partial charge in [0.1, 0.15) is 0 Å². The SMILES string of the molecule is CCCc1nc(N)nc2ccc(Cl)cc12. The van der Waals surface area contributed by atoms with Crippen molar-refractivity contribution in [2.75, 3.05) is 5.73 Å². The number of anilines is 1. The Morgan fingerprint density at radius 1 is 1.33 bits per heavy atom. The molecule has 0 aliphatic rings. The summed E-state index contributed by atoms with van der Waals surface area (Å²) in [5.74, 6) is 0.327. The molecule has 15 heavy (non-hydrogen) atoms. The summed E-state index contributed by atoms with van der Waals surface area (Å²) in [5, 5.41) is 1.70. The van der Waals surface area contributed by atoms with E-state index in [2.05, 4.69) is 16.9 Å². The molecule has 0 aliphatic heterocycles. The maximum atomic E-state index is 5.94. The molecule has 1 aromatic carbocycles. The highest BCUT2D eigenvalue weighted by Crippen LogP contribution is 2.22. The quantitative estimate of drug-likeness (QED) is 0.849. The van der Waals surface area contributed by atoms with Gasteiger partial charge in [0.15, 0.2) is 0 Å². The molecule has 2 aromatic rings. The van der Waals surface area contributed by atoms with Gasteiger partial charge in [-0.25, -0.2) is 9.97 Å². The van der Waals surface area contributed by atoms with Gasteiger partial charge in [0.2, 0.25) is 5.95 Å². The van der Waals surface area contributed by atoms with E-state index in [4.69, 9.17) is 17.3 Å². The zero-order valence-electron chi connectivity index (χ0n) is 8.50. The molecule has 1 heterocycles. The zero-order valence-corrected chi connectivity index (χ0v) is 9.25. The van der Waals surface area contributed by atoms with Crippen LogP contribution in [0.4, 0.5) is 5.95 Å². The number of nitrogens with two attached hydrogens (primary N) is 1. The molecule has 0 spiro atoms. The fourth-order valence-corrected chi connectivity index (χ4v) is 1.78. The van der Waals surface area contributed by atoms with E-state index in [1.54, 1.807) is 0 Å². The smallest absolute Gasteiger partial charge is 0.220 e. The van der Waals surface area contributed by atoms with Crippen LogP contribution in [0.2, 0.25) is 5.02 Å². The molecule has 0 bridgehead atoms. The topological polar surface area (TPSA) is 51.8 Å². The van der Waals surface area contributed by atoms with Gasteiger partial charge >= 0.3 is 0 Å². The second kappa shape index (κ2) is 4.03. The van der Waals surface area contributed by atoms with Crippen LogP contribution < -0.4 is 5.73 Å². The fraction of sp³-hybridized carbons (Fsp3) is 0.273. The molecule has 0 unspecified atom stereocenters. The van der Waals surface area contributed by atoms with E-state index in [0.717, 1.165) is 29.4 Å². The van der Waals surface area contributed by atoms with Crippen LogP contribution in [0.3, 0.4) is 0 Å². The Labute approximate surface area is 93.3 Å². The van der Waals surface area contributed by atoms with Crippen molar-refractivity contribution in [2.24, 2.45) is 0 Å². The molecule has 0 amide bonds. The van der Waals surface area contributed by atoms with Gasteiger partial charge in [0.05, 0.1) is 11.2 Å². The Kier molecular flexibility index (Phi) is 2.73. The lowest BCUT2D eigenvalue weighted by molar-refractivity contribution is 0.890. The maximum Gasteiger partial charge on any atom is 0.220 e. The van der Waals surface area contributed by atoms with Crippen molar-refractivity contribution >= 4 is 28.5 Å². The molecule has 0 saturated heterocycles. The van der Waals surface area contributed by atoms with Crippen molar-refractivity contribution in [3.8, 4) is 0 Å². The van der Waals surface area contributed by atoms with Crippen LogP contribution in [0.25, 0.3) is 10.9 Å². The fourth-order valence-electron chi connectivity index (χ4n) is 1.61. The monoisotopic (exact) mass is 221 g/mol. The van der Waals surface area contributed by atoms with E-state index in [-0.39, 0.29) is 0 Å². The van der Waals surface area contributed by atoms with Gasteiger partial charge < -0.3 is 5.73 Å². The largest absolute Gasteiger partial charge is 0.368 e. The van der Waals surface area contributed by atoms with Crippen LogP contribution >= 0.6 is 11.6 Å². The summed E-state index contributed by atoms with van der Waals surface area (Å²) in [5.41, 5.74) is 7.47. The molecule has 3 nitrogen and oxygen atoms in total. The Morgan fingerprint density at radius 2 is 2.13 bits per heavy atom. The van der Waals surface area contributed by atoms with Gasteiger partial charge in [0.25, 0.3) is 0 Å². The number of nitrogen functional groups attached to an aromatic ring is 1. The average Bonchev–Trinajstić information content (AvgIpc) is 2.19. The Hall–Kier alpha value is -1.35. The first-order valence-electron chi connectivity index (χ1n) is 4.92. The van der Waals surface area contributed by atoms with Crippen LogP contribution in [0.5, 0.6) is 0 Å². The van der Waals surface area contributed by atoms with E-state index in [0.29, 0.717) is 11.0 Å². The lowest BCUT2D eigenvalue weighted by Crippen LogP contribution is -2.00. The lowest BCUT2D eigenvalue weighted by Gasteiger charge is -2.05. The first kappa shape index (κ1) is 10.2. The highest BCUT2D eigenvalue weighted by atomic mass is 35.5. The van der Waals surface area contributed by atoms with Crippen LogP contribution in [0.1, 0.15) is 19.0 Å². The minimum absolute atomic E-state index is 0.327. The predicted molar refractivity (Wildman–Crippen MR) is 63.0 cm³/mol. The van der Waals surface area contributed by atoms with Gasteiger partial charge in [0, 0.05) is 10.4 Å². The van der Waals surface area contributed by atoms with Crippen LogP contribution in [0, 0.1) is 0 Å². The molecule has 2 rings (SSSR count). The molecule has 0 radical (unpaired) electrons. The highest BCUT2D eigenvalue weighted by Gasteiger charge is 2.05. The van der Waals surface area contributed by atoms with Crippen molar-refractivity contribution in [3.63, 3.8) is 0 Å². The van der Waals surface area contributed by atoms with Crippen molar-refractivity contribution in [3.05, 3.63) is 28.9 Å². The lowest BCUT2D eigenvalue weighted by atomic mass is 10.1. The zero-order chi connectivity index (χ0) is 10.8. The summed E-state index contributed by atoms with van der Waals surface area (Å²) < 4.78 is 0. The second-order valence-electron chi connectivity index (χ2n) is 3.44. The number of hydrogen-bond acceptors (Lipinski definition) is 3. The molecule has 2 N–H and O–H groups in total. The molecule has 4 heteroatoms. The first-order valence-corrected chi connectivity index (χ1v) is 5.30. The third-order valence-electron chi connectivity index (χ3n) is 2.24. The molecule has 0 fully saturated rings. The normalized spacial score (nSPS) is 10.8. The molecular weight excluding hydrogens is 210 g/mol. The van der Waals surface area contributed by atoms with Crippen molar-refractivity contribution in [1.29, 1.82) is 0 Å². The number of halogens is 1. The second-order valence-corrected chi connectivity index (χ2v) is 3.88. The molecule has 0 saturated carbocycles. The number of aromatic nitrogens is 2. The van der Waals surface area contributed by atoms with E-state index in [9.17, 15) is 0 Å². The summed E-state index contributed by atoms with van der Waals surface area (Å²) in [6.45, 7) is 2.11. The summed E-state index contributed by atoms with van der Waals surface area (Å²) in [6, 6.07) is 5.57. The van der Waals surface area contributed by atoms with Crippen LogP contribution in [0.15, 0.2) is 18.2 Å². The van der Waals surface area contributed by atoms with Gasteiger partial charge in [-0.05, 0) is 24.6 Å². The van der Waals surface area contributed by atoms with Crippen LogP contribution in [-0.4, -0.2) is 9.97 Å². The van der Waals surface area contributed by atoms with E-state index >= 15 is 0 Å². The standard InChI is InChI=1S/C11H12ClN3/c1-2-3-9-8-6-7(12)4-5-10(8)15-11(13)14-9/h4-6H,2-3H2,1H3,(H2,13,14,15). The highest BCUT2D eigenvalue weighted by molar-refractivity contribution is 6.31. The summed E-state index contributed by atoms with van der Waals surface area (Å²) in [7, 11) is 0. The van der Waals surface area contributed by atoms with Crippen molar-refractivity contribution < 1.29 is 0 Å². The van der Waals surface area contributed by atoms with E-state index in [1.807, 2.05) is 18.2 Å². The van der Waals surface area contributed by atoms with Gasteiger partial charge in [-0.1, -0.05) is 24.9 Å². The maximum absolute atomic E-state index is 5.94. The molecular formula is C11H12ClN3. The third kappa shape index (κ3) is 2.02. The van der Waals surface area contributed by atoms with Gasteiger partial charge in [-0.2, -0.15) is 0 Å². The van der Waals surface area contributed by atoms with Crippen molar-refractivity contribution in [2.45, 2.75) is 19.8 Å². The number of fused-ring (bicyclic) bond motifs is 1. The van der Waals surface area contributed by atoms with E-state index in [1.165, 1.54) is 0 Å². The Bertz CT molecular complexity index is 496. The van der Waals surface area contributed by atoms with Gasteiger partial charge in [-0.3, -0.25) is 0 Å². The number of benzene rings is 1. The number of rotatable bonds is 2. The minimum Gasteiger partial charge on any atom is -0.368 e. The predicted octanol–water partition coefficient (Wildman–Crippen LogP) is 2.82. The average molecular weight is 222 g/mol. The van der Waals surface area contributed by atoms with Crippen molar-refractivity contribution in [1.82, 2.24) is 9.97 Å². The molecule has 0 aliphatic carbocycles. The molecule has 78 valence electrons. The molecule has 1 aromatic heterocycles. The number of aryl methyl sites for hydroxylation is 1. The third-order valence-corrected chi connectivity index (χ3v) is 2.48. The summed E-state index contributed by atoms with van der Waals surface area (Å²) in [4.78, 5) is 8.41. The summed E-state index contributed by atoms with van der Waals surface area (Å²) >= 11 is 5.94. The Balaban J connectivity index is 2.70. The summed E-state index contributed by atoms with van der Waals surface area (Å²) in [6.07, 6.45) is 1.92. The van der Waals surface area contributed by atoms with Gasteiger partial charge in [-0.15, -0.1) is 0 Å². The minimum atomic E-state index is 0.327. The van der Waals surface area contributed by atoms with Crippen LogP contribution in [-0.2, 0) is 6.42 Å². The number of nitrogens with zero attached hydrogens (tertiary/aromatic N) is 2. The Morgan fingerprint density at radius 3 is 2.87 bits per heavy atom. The first-order chi connectivity index (χ1) is 7.20. The number of hydrogen-bond donors (Lipinski definition) is 1.